The van der Waals surface area contributed by atoms with Crippen LogP contribution in [0.1, 0.15) is 16.7 Å². The van der Waals surface area contributed by atoms with Gasteiger partial charge in [-0.05, 0) is 52.2 Å². The lowest BCUT2D eigenvalue weighted by Crippen LogP contribution is -1.97. The van der Waals surface area contributed by atoms with Crippen LogP contribution in [0.15, 0.2) is 41.1 Å². The number of pyridine rings is 1. The Morgan fingerprint density at radius 2 is 2.06 bits per heavy atom. The highest BCUT2D eigenvalue weighted by atomic mass is 79.9. The summed E-state index contributed by atoms with van der Waals surface area (Å²) in [7, 11) is 0. The van der Waals surface area contributed by atoms with Gasteiger partial charge in [0.2, 0.25) is 0 Å². The molecular formula is C14H13BrClNO. The summed E-state index contributed by atoms with van der Waals surface area (Å²) in [6, 6.07) is 7.91. The molecule has 18 heavy (non-hydrogen) atoms. The first-order valence-corrected chi connectivity index (χ1v) is 6.89. The van der Waals surface area contributed by atoms with Crippen LogP contribution in [0.3, 0.4) is 0 Å². The minimum Gasteiger partial charge on any atom is -0.488 e. The molecule has 0 saturated carbocycles. The second kappa shape index (κ2) is 6.21. The Labute approximate surface area is 120 Å². The van der Waals surface area contributed by atoms with Crippen LogP contribution in [0.5, 0.6) is 5.75 Å². The summed E-state index contributed by atoms with van der Waals surface area (Å²) in [5.41, 5.74) is 3.25. The van der Waals surface area contributed by atoms with Crippen molar-refractivity contribution in [1.29, 1.82) is 0 Å². The van der Waals surface area contributed by atoms with Crippen LogP contribution in [-0.2, 0) is 12.5 Å². The van der Waals surface area contributed by atoms with Gasteiger partial charge in [0, 0.05) is 23.8 Å². The number of ether oxygens (including phenoxy) is 1. The molecule has 2 nitrogen and oxygen atoms in total. The van der Waals surface area contributed by atoms with Crippen molar-refractivity contribution in [3.63, 3.8) is 0 Å². The van der Waals surface area contributed by atoms with Gasteiger partial charge >= 0.3 is 0 Å². The highest BCUT2D eigenvalue weighted by Crippen LogP contribution is 2.27. The molecule has 0 atom stereocenters. The number of hydrogen-bond donors (Lipinski definition) is 0. The third-order valence-corrected chi connectivity index (χ3v) is 3.40. The first kappa shape index (κ1) is 13.4. The van der Waals surface area contributed by atoms with E-state index in [9.17, 15) is 0 Å². The molecule has 0 aliphatic heterocycles. The zero-order valence-corrected chi connectivity index (χ0v) is 12.3. The highest BCUT2D eigenvalue weighted by Gasteiger charge is 2.03. The highest BCUT2D eigenvalue weighted by molar-refractivity contribution is 9.10. The van der Waals surface area contributed by atoms with Gasteiger partial charge in [-0.2, -0.15) is 0 Å². The first-order valence-electron chi connectivity index (χ1n) is 5.57. The largest absolute Gasteiger partial charge is 0.488 e. The van der Waals surface area contributed by atoms with Gasteiger partial charge in [0.05, 0.1) is 4.47 Å². The van der Waals surface area contributed by atoms with Gasteiger partial charge < -0.3 is 4.74 Å². The Morgan fingerprint density at radius 3 is 2.72 bits per heavy atom. The van der Waals surface area contributed by atoms with Crippen molar-refractivity contribution in [2.24, 2.45) is 0 Å². The van der Waals surface area contributed by atoms with Gasteiger partial charge in [0.1, 0.15) is 12.4 Å². The molecule has 0 unspecified atom stereocenters. The van der Waals surface area contributed by atoms with E-state index in [0.717, 1.165) is 26.9 Å². The second-order valence-electron chi connectivity index (χ2n) is 4.06. The molecule has 0 bridgehead atoms. The van der Waals surface area contributed by atoms with Crippen molar-refractivity contribution in [3.05, 3.63) is 57.8 Å². The summed E-state index contributed by atoms with van der Waals surface area (Å²) in [6.45, 7) is 2.52. The molecule has 1 aromatic heterocycles. The topological polar surface area (TPSA) is 22.1 Å². The van der Waals surface area contributed by atoms with E-state index >= 15 is 0 Å². The lowest BCUT2D eigenvalue weighted by Gasteiger charge is -2.09. The Bertz CT molecular complexity index is 545. The van der Waals surface area contributed by atoms with E-state index in [2.05, 4.69) is 27.0 Å². The Kier molecular flexibility index (Phi) is 4.61. The van der Waals surface area contributed by atoms with Crippen LogP contribution in [0.25, 0.3) is 0 Å². The van der Waals surface area contributed by atoms with Crippen molar-refractivity contribution < 1.29 is 4.74 Å². The Morgan fingerprint density at radius 1 is 1.22 bits per heavy atom. The molecular weight excluding hydrogens is 314 g/mol. The predicted octanol–water partition coefficient (Wildman–Crippen LogP) is 4.47. The normalized spacial score (nSPS) is 10.4. The fourth-order valence-corrected chi connectivity index (χ4v) is 2.31. The minimum atomic E-state index is 0.501. The number of hydrogen-bond acceptors (Lipinski definition) is 2. The molecule has 0 spiro atoms. The molecule has 0 saturated heterocycles. The number of aromatic nitrogens is 1. The van der Waals surface area contributed by atoms with E-state index in [4.69, 9.17) is 16.3 Å². The van der Waals surface area contributed by atoms with Crippen molar-refractivity contribution in [3.8, 4) is 5.75 Å². The summed E-state index contributed by atoms with van der Waals surface area (Å²) in [5, 5.41) is 0. The fraction of sp³-hybridized carbons (Fsp3) is 0.214. The van der Waals surface area contributed by atoms with E-state index in [1.54, 1.807) is 0 Å². The van der Waals surface area contributed by atoms with Gasteiger partial charge in [0.15, 0.2) is 0 Å². The van der Waals surface area contributed by atoms with Crippen LogP contribution >= 0.6 is 27.5 Å². The molecule has 1 aromatic carbocycles. The zero-order valence-electron chi connectivity index (χ0n) is 9.99. The van der Waals surface area contributed by atoms with E-state index < -0.39 is 0 Å². The number of halogens is 2. The molecule has 2 rings (SSSR count). The SMILES string of the molecule is Cc1cncc(COc2ccc(CCl)cc2Br)c1. The molecule has 0 fully saturated rings. The lowest BCUT2D eigenvalue weighted by molar-refractivity contribution is 0.303. The van der Waals surface area contributed by atoms with Crippen molar-refractivity contribution >= 4 is 27.5 Å². The lowest BCUT2D eigenvalue weighted by atomic mass is 10.2. The number of alkyl halides is 1. The monoisotopic (exact) mass is 325 g/mol. The maximum Gasteiger partial charge on any atom is 0.134 e. The van der Waals surface area contributed by atoms with E-state index in [1.165, 1.54) is 0 Å². The van der Waals surface area contributed by atoms with Gasteiger partial charge in [0.25, 0.3) is 0 Å². The summed E-state index contributed by atoms with van der Waals surface area (Å²) in [6.07, 6.45) is 3.64. The third kappa shape index (κ3) is 3.47. The summed E-state index contributed by atoms with van der Waals surface area (Å²) in [5.74, 6) is 1.31. The summed E-state index contributed by atoms with van der Waals surface area (Å²) in [4.78, 5) is 4.14. The maximum atomic E-state index is 5.77. The molecule has 94 valence electrons. The third-order valence-electron chi connectivity index (χ3n) is 2.48. The summed E-state index contributed by atoms with van der Waals surface area (Å²) < 4.78 is 6.67. The number of aryl methyl sites for hydroxylation is 1. The molecule has 0 radical (unpaired) electrons. The second-order valence-corrected chi connectivity index (χ2v) is 5.18. The number of rotatable bonds is 4. The van der Waals surface area contributed by atoms with E-state index in [1.807, 2.05) is 37.5 Å². The molecule has 0 aliphatic carbocycles. The van der Waals surface area contributed by atoms with Crippen LogP contribution in [-0.4, -0.2) is 4.98 Å². The molecule has 1 heterocycles. The quantitative estimate of drug-likeness (QED) is 0.773. The van der Waals surface area contributed by atoms with Crippen molar-refractivity contribution in [2.75, 3.05) is 0 Å². The predicted molar refractivity (Wildman–Crippen MR) is 77.0 cm³/mol. The molecule has 0 amide bonds. The standard InChI is InChI=1S/C14H13BrClNO/c1-10-4-12(8-17-7-10)9-18-14-3-2-11(6-16)5-13(14)15/h2-5,7-8H,6,9H2,1H3. The first-order chi connectivity index (χ1) is 8.69. The van der Waals surface area contributed by atoms with Crippen LogP contribution in [0, 0.1) is 6.92 Å². The zero-order chi connectivity index (χ0) is 13.0. The van der Waals surface area contributed by atoms with E-state index in [0.29, 0.717) is 12.5 Å². The Hall–Kier alpha value is -1.06. The number of benzene rings is 1. The molecule has 2 aromatic rings. The average molecular weight is 327 g/mol. The molecule has 4 heteroatoms. The number of nitrogens with zero attached hydrogens (tertiary/aromatic N) is 1. The summed E-state index contributed by atoms with van der Waals surface area (Å²) >= 11 is 9.25. The van der Waals surface area contributed by atoms with Crippen LogP contribution < -0.4 is 4.74 Å². The fourth-order valence-electron chi connectivity index (χ4n) is 1.60. The van der Waals surface area contributed by atoms with Crippen molar-refractivity contribution in [2.45, 2.75) is 19.4 Å². The van der Waals surface area contributed by atoms with Gasteiger partial charge in [-0.15, -0.1) is 11.6 Å². The van der Waals surface area contributed by atoms with Crippen LogP contribution in [0.4, 0.5) is 0 Å². The van der Waals surface area contributed by atoms with Crippen molar-refractivity contribution in [1.82, 2.24) is 4.98 Å². The molecule has 0 N–H and O–H groups in total. The van der Waals surface area contributed by atoms with E-state index in [-0.39, 0.29) is 0 Å². The molecule has 0 aliphatic rings. The van der Waals surface area contributed by atoms with Crippen LogP contribution in [0.2, 0.25) is 0 Å². The Balaban J connectivity index is 2.06. The average Bonchev–Trinajstić information content (AvgIpc) is 2.37. The van der Waals surface area contributed by atoms with Gasteiger partial charge in [-0.25, -0.2) is 0 Å². The smallest absolute Gasteiger partial charge is 0.134 e. The van der Waals surface area contributed by atoms with Gasteiger partial charge in [-0.3, -0.25) is 4.98 Å². The van der Waals surface area contributed by atoms with Gasteiger partial charge in [-0.1, -0.05) is 6.07 Å². The maximum absolute atomic E-state index is 5.77. The minimum absolute atomic E-state index is 0.501.